The summed E-state index contributed by atoms with van der Waals surface area (Å²) in [6.45, 7) is 7.15. The van der Waals surface area contributed by atoms with Crippen LogP contribution in [0.15, 0.2) is 29.0 Å². The van der Waals surface area contributed by atoms with Gasteiger partial charge < -0.3 is 14.6 Å². The predicted octanol–water partition coefficient (Wildman–Crippen LogP) is 3.74. The number of nitrogens with zero attached hydrogens (tertiary/aromatic N) is 1. The van der Waals surface area contributed by atoms with Crippen LogP contribution in [0.2, 0.25) is 5.02 Å². The van der Waals surface area contributed by atoms with Crippen LogP contribution in [0.4, 0.5) is 5.82 Å². The number of carbonyl (C=O) groups is 1. The van der Waals surface area contributed by atoms with Gasteiger partial charge in [0, 0.05) is 11.1 Å². The number of hydrogen-bond acceptors (Lipinski definition) is 4. The van der Waals surface area contributed by atoms with Crippen molar-refractivity contribution in [3.63, 3.8) is 0 Å². The number of ether oxygens (including phenoxy) is 1. The molecule has 1 heterocycles. The van der Waals surface area contributed by atoms with Gasteiger partial charge in [-0.25, -0.2) is 0 Å². The van der Waals surface area contributed by atoms with E-state index in [1.165, 1.54) is 6.26 Å². The van der Waals surface area contributed by atoms with Gasteiger partial charge in [-0.1, -0.05) is 16.8 Å². The van der Waals surface area contributed by atoms with E-state index in [4.69, 9.17) is 16.3 Å². The van der Waals surface area contributed by atoms with Crippen LogP contribution in [0.5, 0.6) is 5.75 Å². The van der Waals surface area contributed by atoms with Gasteiger partial charge in [0.15, 0.2) is 11.4 Å². The van der Waals surface area contributed by atoms with Crippen LogP contribution < -0.4 is 10.1 Å². The van der Waals surface area contributed by atoms with Crippen molar-refractivity contribution in [3.8, 4) is 5.75 Å². The predicted molar refractivity (Wildman–Crippen MR) is 80.8 cm³/mol. The van der Waals surface area contributed by atoms with Gasteiger partial charge in [0.1, 0.15) is 12.0 Å². The molecule has 1 N–H and O–H groups in total. The molecule has 0 saturated carbocycles. The number of aryl methyl sites for hydroxylation is 2. The monoisotopic (exact) mass is 308 g/mol. The number of halogens is 1. The molecule has 1 amide bonds. The first kappa shape index (κ1) is 15.4. The molecule has 0 bridgehead atoms. The molecule has 2 aromatic rings. The van der Waals surface area contributed by atoms with Crippen LogP contribution in [-0.4, -0.2) is 16.7 Å². The molecule has 0 spiro atoms. The molecule has 0 radical (unpaired) electrons. The van der Waals surface area contributed by atoms with Crippen molar-refractivity contribution in [1.82, 2.24) is 5.16 Å². The third kappa shape index (κ3) is 3.55. The van der Waals surface area contributed by atoms with Crippen molar-refractivity contribution >= 4 is 23.3 Å². The Labute approximate surface area is 128 Å². The molecule has 21 heavy (non-hydrogen) atoms. The Balaban J connectivity index is 2.15. The molecule has 0 aliphatic rings. The van der Waals surface area contributed by atoms with Crippen molar-refractivity contribution < 1.29 is 14.1 Å². The van der Waals surface area contributed by atoms with E-state index >= 15 is 0 Å². The maximum Gasteiger partial charge on any atom is 0.269 e. The fourth-order valence-electron chi connectivity index (χ4n) is 1.85. The minimum absolute atomic E-state index is 0.318. The summed E-state index contributed by atoms with van der Waals surface area (Å²) in [5.74, 6) is 0.622. The lowest BCUT2D eigenvalue weighted by Crippen LogP contribution is -2.42. The largest absolute Gasteiger partial charge is 0.478 e. The van der Waals surface area contributed by atoms with Crippen LogP contribution in [0.3, 0.4) is 0 Å². The van der Waals surface area contributed by atoms with Gasteiger partial charge in [0.25, 0.3) is 5.91 Å². The topological polar surface area (TPSA) is 64.4 Å². The zero-order chi connectivity index (χ0) is 15.6. The maximum atomic E-state index is 12.2. The molecule has 0 atom stereocenters. The second kappa shape index (κ2) is 5.77. The molecule has 0 aliphatic heterocycles. The third-order valence-corrected chi connectivity index (χ3v) is 3.61. The fraction of sp³-hybridized carbons (Fsp3) is 0.333. The van der Waals surface area contributed by atoms with E-state index in [9.17, 15) is 4.79 Å². The summed E-state index contributed by atoms with van der Waals surface area (Å²) >= 11 is 6.12. The maximum absolute atomic E-state index is 12.2. The highest BCUT2D eigenvalue weighted by molar-refractivity contribution is 6.32. The number of carbonyl (C=O) groups excluding carboxylic acids is 1. The Morgan fingerprint density at radius 1 is 1.33 bits per heavy atom. The van der Waals surface area contributed by atoms with Crippen molar-refractivity contribution in [2.75, 3.05) is 5.32 Å². The normalized spacial score (nSPS) is 11.3. The SMILES string of the molecule is Cc1cc(OC(C)(C)C(=O)Nc2ccon2)cc(C)c1Cl. The van der Waals surface area contributed by atoms with Gasteiger partial charge in [-0.3, -0.25) is 4.79 Å². The van der Waals surface area contributed by atoms with Crippen molar-refractivity contribution in [2.24, 2.45) is 0 Å². The molecule has 0 saturated heterocycles. The van der Waals surface area contributed by atoms with E-state index in [1.807, 2.05) is 13.8 Å². The van der Waals surface area contributed by atoms with Gasteiger partial charge >= 0.3 is 0 Å². The Bertz CT molecular complexity index is 628. The molecule has 0 fully saturated rings. The Morgan fingerprint density at radius 2 is 1.95 bits per heavy atom. The van der Waals surface area contributed by atoms with Gasteiger partial charge in [0.2, 0.25) is 0 Å². The molecular weight excluding hydrogens is 292 g/mol. The summed E-state index contributed by atoms with van der Waals surface area (Å²) in [7, 11) is 0. The molecule has 1 aromatic carbocycles. The van der Waals surface area contributed by atoms with E-state index in [0.29, 0.717) is 16.6 Å². The Kier molecular flexibility index (Phi) is 4.23. The summed E-state index contributed by atoms with van der Waals surface area (Å²) < 4.78 is 10.5. The highest BCUT2D eigenvalue weighted by atomic mass is 35.5. The molecule has 6 heteroatoms. The standard InChI is InChI=1S/C15H17ClN2O3/c1-9-7-11(8-10(2)13(9)16)21-15(3,4)14(19)17-12-5-6-20-18-12/h5-8H,1-4H3,(H,17,18,19). The Hall–Kier alpha value is -2.01. The zero-order valence-electron chi connectivity index (χ0n) is 12.4. The number of benzene rings is 1. The second-order valence-electron chi connectivity index (χ2n) is 5.32. The van der Waals surface area contributed by atoms with Gasteiger partial charge in [0.05, 0.1) is 0 Å². The van der Waals surface area contributed by atoms with E-state index in [-0.39, 0.29) is 5.91 Å². The lowest BCUT2D eigenvalue weighted by Gasteiger charge is -2.25. The van der Waals surface area contributed by atoms with Crippen molar-refractivity contribution in [3.05, 3.63) is 40.6 Å². The lowest BCUT2D eigenvalue weighted by atomic mass is 10.1. The number of anilines is 1. The highest BCUT2D eigenvalue weighted by Crippen LogP contribution is 2.28. The number of nitrogens with one attached hydrogen (secondary N) is 1. The first-order chi connectivity index (χ1) is 9.79. The molecular formula is C15H17ClN2O3. The van der Waals surface area contributed by atoms with Crippen molar-refractivity contribution in [2.45, 2.75) is 33.3 Å². The quantitative estimate of drug-likeness (QED) is 0.934. The average molecular weight is 309 g/mol. The zero-order valence-corrected chi connectivity index (χ0v) is 13.1. The van der Waals surface area contributed by atoms with Gasteiger partial charge in [-0.05, 0) is 51.0 Å². The van der Waals surface area contributed by atoms with Gasteiger partial charge in [-0.15, -0.1) is 0 Å². The highest BCUT2D eigenvalue weighted by Gasteiger charge is 2.30. The first-order valence-electron chi connectivity index (χ1n) is 6.47. The summed E-state index contributed by atoms with van der Waals surface area (Å²) in [6, 6.07) is 5.17. The second-order valence-corrected chi connectivity index (χ2v) is 5.70. The van der Waals surface area contributed by atoms with Crippen LogP contribution in [0.1, 0.15) is 25.0 Å². The molecule has 0 aliphatic carbocycles. The first-order valence-corrected chi connectivity index (χ1v) is 6.85. The number of hydrogen-bond donors (Lipinski definition) is 1. The lowest BCUT2D eigenvalue weighted by molar-refractivity contribution is -0.128. The minimum Gasteiger partial charge on any atom is -0.478 e. The molecule has 0 unspecified atom stereocenters. The van der Waals surface area contributed by atoms with E-state index in [2.05, 4.69) is 15.0 Å². The number of rotatable bonds is 4. The number of aromatic nitrogens is 1. The third-order valence-electron chi connectivity index (χ3n) is 3.01. The summed E-state index contributed by atoms with van der Waals surface area (Å²) in [5.41, 5.74) is 0.741. The minimum atomic E-state index is -1.06. The fourth-order valence-corrected chi connectivity index (χ4v) is 1.96. The van der Waals surface area contributed by atoms with Crippen LogP contribution in [0, 0.1) is 13.8 Å². The van der Waals surface area contributed by atoms with Crippen LogP contribution in [0.25, 0.3) is 0 Å². The number of amides is 1. The van der Waals surface area contributed by atoms with Crippen LogP contribution in [-0.2, 0) is 4.79 Å². The molecule has 112 valence electrons. The summed E-state index contributed by atoms with van der Waals surface area (Å²) in [5, 5.41) is 6.97. The molecule has 1 aromatic heterocycles. The Morgan fingerprint density at radius 3 is 2.48 bits per heavy atom. The van der Waals surface area contributed by atoms with E-state index in [1.54, 1.807) is 32.0 Å². The van der Waals surface area contributed by atoms with E-state index in [0.717, 1.165) is 11.1 Å². The van der Waals surface area contributed by atoms with Crippen LogP contribution >= 0.6 is 11.6 Å². The molecule has 5 nitrogen and oxygen atoms in total. The average Bonchev–Trinajstić information content (AvgIpc) is 2.88. The summed E-state index contributed by atoms with van der Waals surface area (Å²) in [4.78, 5) is 12.2. The van der Waals surface area contributed by atoms with Gasteiger partial charge in [-0.2, -0.15) is 0 Å². The van der Waals surface area contributed by atoms with E-state index < -0.39 is 5.60 Å². The summed E-state index contributed by atoms with van der Waals surface area (Å²) in [6.07, 6.45) is 1.38. The van der Waals surface area contributed by atoms with Crippen molar-refractivity contribution in [1.29, 1.82) is 0 Å². The smallest absolute Gasteiger partial charge is 0.269 e. The molecule has 2 rings (SSSR count).